The number of aromatic nitrogens is 2. The number of nitrogens with one attached hydrogen (secondary N) is 1. The predicted molar refractivity (Wildman–Crippen MR) is 92.3 cm³/mol. The Morgan fingerprint density at radius 3 is 2.64 bits per heavy atom. The number of hydrogen-bond acceptors (Lipinski definition) is 5. The van der Waals surface area contributed by atoms with Gasteiger partial charge in [0.1, 0.15) is 11.3 Å². The number of rotatable bonds is 6. The zero-order valence-corrected chi connectivity index (χ0v) is 13.4. The van der Waals surface area contributed by atoms with Crippen LogP contribution in [0.1, 0.15) is 22.0 Å². The quantitative estimate of drug-likeness (QED) is 0.723. The van der Waals surface area contributed by atoms with Crippen LogP contribution in [0.25, 0.3) is 0 Å². The number of amides is 1. The standard InChI is InChI=1S/C19H17N3O3/c23-17(14-6-2-1-3-7-14)13-22-18(24)16-9-5-11-21-19(16)25-15-8-4-10-20-12-15/h1-12,17,23H,13H2,(H,22,24). The number of aliphatic hydroxyl groups is 1. The molecule has 3 aromatic rings. The van der Waals surface area contributed by atoms with Gasteiger partial charge < -0.3 is 15.2 Å². The highest BCUT2D eigenvalue weighted by atomic mass is 16.5. The van der Waals surface area contributed by atoms with Crippen LogP contribution in [-0.2, 0) is 0 Å². The van der Waals surface area contributed by atoms with Gasteiger partial charge in [0.15, 0.2) is 0 Å². The van der Waals surface area contributed by atoms with E-state index in [1.54, 1.807) is 48.8 Å². The molecular formula is C19H17N3O3. The first-order valence-corrected chi connectivity index (χ1v) is 7.78. The third-order valence-electron chi connectivity index (χ3n) is 3.51. The van der Waals surface area contributed by atoms with E-state index >= 15 is 0 Å². The van der Waals surface area contributed by atoms with Gasteiger partial charge >= 0.3 is 0 Å². The Kier molecular flexibility index (Phi) is 5.33. The molecule has 2 N–H and O–H groups in total. The Bertz CT molecular complexity index is 826. The van der Waals surface area contributed by atoms with Crippen LogP contribution in [0.4, 0.5) is 0 Å². The van der Waals surface area contributed by atoms with Gasteiger partial charge in [-0.25, -0.2) is 4.98 Å². The summed E-state index contributed by atoms with van der Waals surface area (Å²) in [5.41, 5.74) is 1.02. The van der Waals surface area contributed by atoms with E-state index in [1.807, 2.05) is 18.2 Å². The summed E-state index contributed by atoms with van der Waals surface area (Å²) in [5, 5.41) is 12.8. The third kappa shape index (κ3) is 4.39. The first-order chi connectivity index (χ1) is 12.2. The lowest BCUT2D eigenvalue weighted by molar-refractivity contribution is 0.0913. The minimum absolute atomic E-state index is 0.0874. The second-order valence-electron chi connectivity index (χ2n) is 5.28. The third-order valence-corrected chi connectivity index (χ3v) is 3.51. The average Bonchev–Trinajstić information content (AvgIpc) is 2.68. The number of aliphatic hydroxyl groups excluding tert-OH is 1. The van der Waals surface area contributed by atoms with Crippen molar-refractivity contribution in [3.63, 3.8) is 0 Å². The zero-order valence-electron chi connectivity index (χ0n) is 13.4. The molecule has 0 aliphatic heterocycles. The van der Waals surface area contributed by atoms with Gasteiger partial charge in [0.2, 0.25) is 5.88 Å². The molecule has 6 heteroatoms. The molecule has 0 fully saturated rings. The molecule has 3 rings (SSSR count). The lowest BCUT2D eigenvalue weighted by Gasteiger charge is -2.13. The van der Waals surface area contributed by atoms with Crippen molar-refractivity contribution in [3.8, 4) is 11.6 Å². The van der Waals surface area contributed by atoms with Crippen molar-refractivity contribution in [2.45, 2.75) is 6.10 Å². The summed E-state index contributed by atoms with van der Waals surface area (Å²) >= 11 is 0. The smallest absolute Gasteiger partial charge is 0.256 e. The van der Waals surface area contributed by atoms with E-state index in [4.69, 9.17) is 4.74 Å². The fourth-order valence-corrected chi connectivity index (χ4v) is 2.24. The molecular weight excluding hydrogens is 318 g/mol. The van der Waals surface area contributed by atoms with Gasteiger partial charge in [-0.3, -0.25) is 9.78 Å². The molecule has 1 amide bonds. The number of pyridine rings is 2. The largest absolute Gasteiger partial charge is 0.437 e. The maximum Gasteiger partial charge on any atom is 0.256 e. The van der Waals surface area contributed by atoms with Crippen LogP contribution in [0.15, 0.2) is 73.2 Å². The molecule has 1 atom stereocenters. The monoisotopic (exact) mass is 335 g/mol. The summed E-state index contributed by atoms with van der Waals surface area (Å²) in [6.45, 7) is 0.0874. The lowest BCUT2D eigenvalue weighted by Crippen LogP contribution is -2.28. The molecule has 0 spiro atoms. The minimum Gasteiger partial charge on any atom is -0.437 e. The first kappa shape index (κ1) is 16.6. The van der Waals surface area contributed by atoms with Gasteiger partial charge in [-0.15, -0.1) is 0 Å². The van der Waals surface area contributed by atoms with E-state index in [1.165, 1.54) is 6.20 Å². The highest BCUT2D eigenvalue weighted by Crippen LogP contribution is 2.22. The van der Waals surface area contributed by atoms with Crippen LogP contribution in [-0.4, -0.2) is 27.5 Å². The van der Waals surface area contributed by atoms with E-state index in [9.17, 15) is 9.90 Å². The van der Waals surface area contributed by atoms with Gasteiger partial charge in [-0.2, -0.15) is 0 Å². The van der Waals surface area contributed by atoms with Crippen molar-refractivity contribution in [2.75, 3.05) is 6.54 Å². The van der Waals surface area contributed by atoms with Gasteiger partial charge in [0.05, 0.1) is 12.3 Å². The van der Waals surface area contributed by atoms with Crippen LogP contribution < -0.4 is 10.1 Å². The van der Waals surface area contributed by atoms with Gasteiger partial charge in [-0.1, -0.05) is 30.3 Å². The second kappa shape index (κ2) is 8.03. The van der Waals surface area contributed by atoms with Crippen LogP contribution in [0.3, 0.4) is 0 Å². The number of carbonyl (C=O) groups is 1. The van der Waals surface area contributed by atoms with E-state index in [-0.39, 0.29) is 23.9 Å². The molecule has 0 saturated heterocycles. The summed E-state index contributed by atoms with van der Waals surface area (Å²) in [6, 6.07) is 15.9. The fraction of sp³-hybridized carbons (Fsp3) is 0.105. The maximum atomic E-state index is 12.4. The topological polar surface area (TPSA) is 84.3 Å². The Morgan fingerprint density at radius 1 is 1.08 bits per heavy atom. The lowest BCUT2D eigenvalue weighted by atomic mass is 10.1. The Labute approximate surface area is 145 Å². The van der Waals surface area contributed by atoms with Crippen molar-refractivity contribution in [2.24, 2.45) is 0 Å². The predicted octanol–water partition coefficient (Wildman–Crippen LogP) is 2.73. The fourth-order valence-electron chi connectivity index (χ4n) is 2.24. The Hall–Kier alpha value is -3.25. The minimum atomic E-state index is -0.787. The molecule has 0 aliphatic carbocycles. The molecule has 0 bridgehead atoms. The first-order valence-electron chi connectivity index (χ1n) is 7.78. The van der Waals surface area contributed by atoms with Crippen molar-refractivity contribution >= 4 is 5.91 Å². The number of hydrogen-bond donors (Lipinski definition) is 2. The van der Waals surface area contributed by atoms with E-state index < -0.39 is 6.10 Å². The van der Waals surface area contributed by atoms with Crippen molar-refractivity contribution in [1.29, 1.82) is 0 Å². The van der Waals surface area contributed by atoms with E-state index in [2.05, 4.69) is 15.3 Å². The van der Waals surface area contributed by atoms with E-state index in [0.717, 1.165) is 5.56 Å². The molecule has 1 unspecified atom stereocenters. The summed E-state index contributed by atoms with van der Waals surface area (Å²) in [6.07, 6.45) is 3.92. The number of nitrogens with zero attached hydrogens (tertiary/aromatic N) is 2. The number of benzene rings is 1. The van der Waals surface area contributed by atoms with Crippen molar-refractivity contribution in [1.82, 2.24) is 15.3 Å². The van der Waals surface area contributed by atoms with Gasteiger partial charge in [0, 0.05) is 18.9 Å². The zero-order chi connectivity index (χ0) is 17.5. The van der Waals surface area contributed by atoms with Crippen LogP contribution in [0.5, 0.6) is 11.6 Å². The molecule has 126 valence electrons. The van der Waals surface area contributed by atoms with Crippen LogP contribution in [0, 0.1) is 0 Å². The average molecular weight is 335 g/mol. The summed E-state index contributed by atoms with van der Waals surface area (Å²) < 4.78 is 5.63. The summed E-state index contributed by atoms with van der Waals surface area (Å²) in [5.74, 6) is 0.295. The van der Waals surface area contributed by atoms with Crippen molar-refractivity contribution in [3.05, 3.63) is 84.3 Å². The van der Waals surface area contributed by atoms with Crippen molar-refractivity contribution < 1.29 is 14.6 Å². The molecule has 0 aliphatic rings. The van der Waals surface area contributed by atoms with Gasteiger partial charge in [0.25, 0.3) is 5.91 Å². The van der Waals surface area contributed by atoms with Crippen LogP contribution in [0.2, 0.25) is 0 Å². The molecule has 2 heterocycles. The molecule has 25 heavy (non-hydrogen) atoms. The SMILES string of the molecule is O=C(NCC(O)c1ccccc1)c1cccnc1Oc1cccnc1. The number of ether oxygens (including phenoxy) is 1. The van der Waals surface area contributed by atoms with Crippen LogP contribution >= 0.6 is 0 Å². The molecule has 6 nitrogen and oxygen atoms in total. The van der Waals surface area contributed by atoms with Gasteiger partial charge in [-0.05, 0) is 29.8 Å². The molecule has 2 aromatic heterocycles. The molecule has 0 radical (unpaired) electrons. The Balaban J connectivity index is 1.68. The van der Waals surface area contributed by atoms with E-state index in [0.29, 0.717) is 5.75 Å². The number of carbonyl (C=O) groups excluding carboxylic acids is 1. The normalized spacial score (nSPS) is 11.6. The summed E-state index contributed by atoms with van der Waals surface area (Å²) in [4.78, 5) is 20.5. The second-order valence-corrected chi connectivity index (χ2v) is 5.28. The summed E-state index contributed by atoms with van der Waals surface area (Å²) in [7, 11) is 0. The highest BCUT2D eigenvalue weighted by Gasteiger charge is 2.16. The molecule has 1 aromatic carbocycles. The molecule has 0 saturated carbocycles. The maximum absolute atomic E-state index is 12.4. The highest BCUT2D eigenvalue weighted by molar-refractivity contribution is 5.96. The Morgan fingerprint density at radius 2 is 1.88 bits per heavy atom.